The fourth-order valence-corrected chi connectivity index (χ4v) is 3.84. The van der Waals surface area contributed by atoms with Gasteiger partial charge in [0.15, 0.2) is 5.82 Å². The summed E-state index contributed by atoms with van der Waals surface area (Å²) in [4.78, 5) is 17.2. The van der Waals surface area contributed by atoms with Gasteiger partial charge >= 0.3 is 0 Å². The van der Waals surface area contributed by atoms with Crippen LogP contribution in [-0.2, 0) is 13.0 Å². The maximum atomic E-state index is 5.04. The molecule has 1 aromatic heterocycles. The average molecular weight is 367 g/mol. The number of likely N-dealkylation sites (N-methyl/N-ethyl adjacent to an activating group) is 1. The summed E-state index contributed by atoms with van der Waals surface area (Å²) in [6, 6.07) is 10.3. The number of rotatable bonds is 5. The predicted molar refractivity (Wildman–Crippen MR) is 110 cm³/mol. The third kappa shape index (κ3) is 4.29. The molecule has 0 saturated carbocycles. The average Bonchev–Trinajstić information content (AvgIpc) is 2.72. The summed E-state index contributed by atoms with van der Waals surface area (Å²) in [6.45, 7) is 8.40. The molecule has 1 fully saturated rings. The van der Waals surface area contributed by atoms with Crippen molar-refractivity contribution in [2.75, 3.05) is 64.8 Å². The molecule has 0 atom stereocenters. The van der Waals surface area contributed by atoms with Crippen LogP contribution >= 0.6 is 0 Å². The van der Waals surface area contributed by atoms with Crippen molar-refractivity contribution >= 4 is 5.82 Å². The van der Waals surface area contributed by atoms with Gasteiger partial charge in [0.25, 0.3) is 0 Å². The van der Waals surface area contributed by atoms with Crippen LogP contribution in [0, 0.1) is 0 Å². The third-order valence-corrected chi connectivity index (χ3v) is 5.48. The van der Waals surface area contributed by atoms with Crippen molar-refractivity contribution in [3.63, 3.8) is 0 Å². The molecule has 144 valence electrons. The van der Waals surface area contributed by atoms with Gasteiger partial charge in [-0.25, -0.2) is 9.97 Å². The van der Waals surface area contributed by atoms with Crippen LogP contribution in [0.15, 0.2) is 30.3 Å². The van der Waals surface area contributed by atoms with E-state index in [1.165, 1.54) is 11.3 Å². The monoisotopic (exact) mass is 366 g/mol. The van der Waals surface area contributed by atoms with Gasteiger partial charge in [-0.3, -0.25) is 4.90 Å². The Morgan fingerprint density at radius 1 is 1.04 bits per heavy atom. The molecule has 0 bridgehead atoms. The first-order valence-electron chi connectivity index (χ1n) is 9.98. The van der Waals surface area contributed by atoms with Gasteiger partial charge in [-0.15, -0.1) is 0 Å². The summed E-state index contributed by atoms with van der Waals surface area (Å²) in [7, 11) is 4.28. The largest absolute Gasteiger partial charge is 0.354 e. The van der Waals surface area contributed by atoms with Crippen molar-refractivity contribution in [1.29, 1.82) is 0 Å². The van der Waals surface area contributed by atoms with Crippen LogP contribution in [0.3, 0.4) is 0 Å². The summed E-state index contributed by atoms with van der Waals surface area (Å²) < 4.78 is 0. The molecule has 27 heavy (non-hydrogen) atoms. The highest BCUT2D eigenvalue weighted by Gasteiger charge is 2.25. The standard InChI is InChI=1S/C21H30N6/c1-25(2)10-11-26-12-14-27(15-13-26)21-18-8-9-22-16-19(18)23-20(24-21)17-6-4-3-5-7-17/h3-7,22H,8-16H2,1-2H3. The lowest BCUT2D eigenvalue weighted by Gasteiger charge is -2.37. The summed E-state index contributed by atoms with van der Waals surface area (Å²) in [5, 5.41) is 3.46. The summed E-state index contributed by atoms with van der Waals surface area (Å²) >= 11 is 0. The van der Waals surface area contributed by atoms with E-state index in [1.54, 1.807) is 0 Å². The first kappa shape index (κ1) is 18.3. The molecular weight excluding hydrogens is 336 g/mol. The van der Waals surface area contributed by atoms with E-state index >= 15 is 0 Å². The van der Waals surface area contributed by atoms with E-state index in [9.17, 15) is 0 Å². The number of nitrogens with one attached hydrogen (secondary N) is 1. The quantitative estimate of drug-likeness (QED) is 0.865. The van der Waals surface area contributed by atoms with Crippen LogP contribution in [0.1, 0.15) is 11.3 Å². The van der Waals surface area contributed by atoms with Crippen LogP contribution in [0.5, 0.6) is 0 Å². The normalized spacial score (nSPS) is 18.0. The van der Waals surface area contributed by atoms with E-state index in [0.29, 0.717) is 0 Å². The van der Waals surface area contributed by atoms with Gasteiger partial charge in [0.2, 0.25) is 0 Å². The van der Waals surface area contributed by atoms with Gasteiger partial charge in [-0.2, -0.15) is 0 Å². The summed E-state index contributed by atoms with van der Waals surface area (Å²) in [5.74, 6) is 2.01. The topological polar surface area (TPSA) is 47.5 Å². The van der Waals surface area contributed by atoms with Crippen LogP contribution in [-0.4, -0.2) is 79.7 Å². The number of piperazine rings is 1. The minimum Gasteiger partial charge on any atom is -0.354 e. The van der Waals surface area contributed by atoms with Crippen LogP contribution in [0.4, 0.5) is 5.82 Å². The van der Waals surface area contributed by atoms with Gasteiger partial charge in [0.05, 0.1) is 5.69 Å². The molecule has 2 aliphatic rings. The molecular formula is C21H30N6. The highest BCUT2D eigenvalue weighted by Crippen LogP contribution is 2.28. The first-order chi connectivity index (χ1) is 13.2. The van der Waals surface area contributed by atoms with E-state index in [0.717, 1.165) is 76.0 Å². The first-order valence-corrected chi connectivity index (χ1v) is 9.98. The molecule has 1 aromatic carbocycles. The third-order valence-electron chi connectivity index (χ3n) is 5.48. The highest BCUT2D eigenvalue weighted by molar-refractivity contribution is 5.61. The van der Waals surface area contributed by atoms with Gasteiger partial charge in [-0.05, 0) is 27.1 Å². The molecule has 1 saturated heterocycles. The van der Waals surface area contributed by atoms with E-state index in [2.05, 4.69) is 58.4 Å². The lowest BCUT2D eigenvalue weighted by molar-refractivity contribution is 0.229. The van der Waals surface area contributed by atoms with Crippen LogP contribution in [0.25, 0.3) is 11.4 Å². The lowest BCUT2D eigenvalue weighted by atomic mass is 10.1. The minimum atomic E-state index is 0.841. The number of hydrogen-bond acceptors (Lipinski definition) is 6. The van der Waals surface area contributed by atoms with Crippen molar-refractivity contribution in [2.45, 2.75) is 13.0 Å². The number of benzene rings is 1. The molecule has 3 heterocycles. The molecule has 0 aliphatic carbocycles. The molecule has 2 aliphatic heterocycles. The maximum absolute atomic E-state index is 5.04. The fraction of sp³-hybridized carbons (Fsp3) is 0.524. The zero-order valence-electron chi connectivity index (χ0n) is 16.5. The SMILES string of the molecule is CN(C)CCN1CCN(c2nc(-c3ccccc3)nc3c2CCNC3)CC1. The van der Waals surface area contributed by atoms with Crippen molar-refractivity contribution in [3.05, 3.63) is 41.6 Å². The Hall–Kier alpha value is -2.02. The van der Waals surface area contributed by atoms with Crippen molar-refractivity contribution < 1.29 is 0 Å². The highest BCUT2D eigenvalue weighted by atomic mass is 15.3. The lowest BCUT2D eigenvalue weighted by Crippen LogP contribution is -2.49. The maximum Gasteiger partial charge on any atom is 0.161 e. The zero-order valence-corrected chi connectivity index (χ0v) is 16.5. The second-order valence-electron chi connectivity index (χ2n) is 7.72. The Kier molecular flexibility index (Phi) is 5.66. The molecule has 0 spiro atoms. The van der Waals surface area contributed by atoms with Crippen LogP contribution in [0.2, 0.25) is 0 Å². The van der Waals surface area contributed by atoms with Crippen molar-refractivity contribution in [1.82, 2.24) is 25.1 Å². The van der Waals surface area contributed by atoms with Crippen LogP contribution < -0.4 is 10.2 Å². The van der Waals surface area contributed by atoms with Gasteiger partial charge in [0.1, 0.15) is 5.82 Å². The number of fused-ring (bicyclic) bond motifs is 1. The van der Waals surface area contributed by atoms with Gasteiger partial charge < -0.3 is 15.1 Å². The Balaban J connectivity index is 1.57. The summed E-state index contributed by atoms with van der Waals surface area (Å²) in [6.07, 6.45) is 1.01. The Labute approximate surface area is 162 Å². The minimum absolute atomic E-state index is 0.841. The van der Waals surface area contributed by atoms with Crippen molar-refractivity contribution in [2.24, 2.45) is 0 Å². The second kappa shape index (κ2) is 8.33. The second-order valence-corrected chi connectivity index (χ2v) is 7.72. The Morgan fingerprint density at radius 2 is 1.81 bits per heavy atom. The molecule has 0 unspecified atom stereocenters. The molecule has 2 aromatic rings. The van der Waals surface area contributed by atoms with E-state index in [1.807, 2.05) is 6.07 Å². The number of aromatic nitrogens is 2. The number of nitrogens with zero attached hydrogens (tertiary/aromatic N) is 5. The fourth-order valence-electron chi connectivity index (χ4n) is 3.84. The smallest absolute Gasteiger partial charge is 0.161 e. The van der Waals surface area contributed by atoms with Gasteiger partial charge in [-0.1, -0.05) is 30.3 Å². The number of hydrogen-bond donors (Lipinski definition) is 1. The molecule has 6 nitrogen and oxygen atoms in total. The Morgan fingerprint density at radius 3 is 2.56 bits per heavy atom. The molecule has 0 radical (unpaired) electrons. The Bertz CT molecular complexity index is 753. The van der Waals surface area contributed by atoms with E-state index in [-0.39, 0.29) is 0 Å². The van der Waals surface area contributed by atoms with Crippen molar-refractivity contribution in [3.8, 4) is 11.4 Å². The summed E-state index contributed by atoms with van der Waals surface area (Å²) in [5.41, 5.74) is 3.60. The molecule has 4 rings (SSSR count). The van der Waals surface area contributed by atoms with E-state index in [4.69, 9.17) is 9.97 Å². The number of anilines is 1. The predicted octanol–water partition coefficient (Wildman–Crippen LogP) is 1.47. The molecule has 0 amide bonds. The zero-order chi connectivity index (χ0) is 18.6. The van der Waals surface area contributed by atoms with Gasteiger partial charge in [0, 0.05) is 56.9 Å². The van der Waals surface area contributed by atoms with E-state index < -0.39 is 0 Å². The molecule has 6 heteroatoms. The molecule has 1 N–H and O–H groups in total.